The Morgan fingerprint density at radius 2 is 2.09 bits per heavy atom. The zero-order valence-corrected chi connectivity index (χ0v) is 18.2. The SMILES string of the molecule is O=c1c2c3c(sc2ncn1CCc1ccccn1)CC(NCc1ccc(F)cc1F)CC3. The van der Waals surface area contributed by atoms with E-state index in [0.29, 0.717) is 25.1 Å². The van der Waals surface area contributed by atoms with Crippen LogP contribution in [0.2, 0.25) is 0 Å². The molecule has 0 saturated carbocycles. The summed E-state index contributed by atoms with van der Waals surface area (Å²) in [5, 5.41) is 4.11. The van der Waals surface area contributed by atoms with E-state index in [1.165, 1.54) is 12.1 Å². The first-order valence-corrected chi connectivity index (χ1v) is 11.5. The van der Waals surface area contributed by atoms with Gasteiger partial charge in [0.05, 0.1) is 11.7 Å². The van der Waals surface area contributed by atoms with E-state index < -0.39 is 11.6 Å². The highest BCUT2D eigenvalue weighted by molar-refractivity contribution is 7.18. The highest BCUT2D eigenvalue weighted by Crippen LogP contribution is 2.33. The Bertz CT molecular complexity index is 1320. The predicted molar refractivity (Wildman–Crippen MR) is 121 cm³/mol. The second-order valence-corrected chi connectivity index (χ2v) is 9.14. The summed E-state index contributed by atoms with van der Waals surface area (Å²) < 4.78 is 28.7. The molecule has 1 aliphatic rings. The minimum Gasteiger partial charge on any atom is -0.309 e. The van der Waals surface area contributed by atoms with Crippen molar-refractivity contribution in [3.63, 3.8) is 0 Å². The van der Waals surface area contributed by atoms with Crippen molar-refractivity contribution in [2.24, 2.45) is 0 Å². The van der Waals surface area contributed by atoms with Crippen molar-refractivity contribution < 1.29 is 8.78 Å². The van der Waals surface area contributed by atoms with E-state index in [0.717, 1.165) is 51.7 Å². The van der Waals surface area contributed by atoms with Gasteiger partial charge in [0, 0.05) is 53.9 Å². The number of aromatic nitrogens is 3. The lowest BCUT2D eigenvalue weighted by molar-refractivity contribution is 0.454. The Hall–Kier alpha value is -2.97. The van der Waals surface area contributed by atoms with Crippen molar-refractivity contribution in [2.45, 2.75) is 44.8 Å². The number of pyridine rings is 1. The molecule has 1 aliphatic carbocycles. The summed E-state index contributed by atoms with van der Waals surface area (Å²) in [5.41, 5.74) is 2.49. The van der Waals surface area contributed by atoms with Crippen molar-refractivity contribution in [3.8, 4) is 0 Å². The summed E-state index contributed by atoms with van der Waals surface area (Å²) in [6.07, 6.45) is 6.45. The van der Waals surface area contributed by atoms with Crippen molar-refractivity contribution in [3.05, 3.63) is 92.6 Å². The van der Waals surface area contributed by atoms with E-state index in [1.54, 1.807) is 28.4 Å². The van der Waals surface area contributed by atoms with E-state index in [-0.39, 0.29) is 11.6 Å². The van der Waals surface area contributed by atoms with Gasteiger partial charge >= 0.3 is 0 Å². The highest BCUT2D eigenvalue weighted by Gasteiger charge is 2.25. The van der Waals surface area contributed by atoms with E-state index >= 15 is 0 Å². The van der Waals surface area contributed by atoms with E-state index in [9.17, 15) is 13.6 Å². The third-order valence-corrected chi connectivity index (χ3v) is 7.13. The number of aryl methyl sites for hydroxylation is 3. The fourth-order valence-corrected chi connectivity index (χ4v) is 5.49. The van der Waals surface area contributed by atoms with Gasteiger partial charge < -0.3 is 5.32 Å². The first-order valence-electron chi connectivity index (χ1n) is 10.7. The molecule has 0 fully saturated rings. The second kappa shape index (κ2) is 8.88. The lowest BCUT2D eigenvalue weighted by Crippen LogP contribution is -2.34. The fourth-order valence-electron chi connectivity index (χ4n) is 4.24. The van der Waals surface area contributed by atoms with Crippen LogP contribution in [0.15, 0.2) is 53.7 Å². The van der Waals surface area contributed by atoms with Crippen LogP contribution in [0.1, 0.15) is 28.1 Å². The molecule has 5 rings (SSSR count). The van der Waals surface area contributed by atoms with Gasteiger partial charge in [0.1, 0.15) is 16.5 Å². The monoisotopic (exact) mass is 452 g/mol. The van der Waals surface area contributed by atoms with E-state index in [1.807, 2.05) is 18.2 Å². The lowest BCUT2D eigenvalue weighted by Gasteiger charge is -2.23. The van der Waals surface area contributed by atoms with Crippen LogP contribution in [0, 0.1) is 11.6 Å². The number of hydrogen-bond donors (Lipinski definition) is 1. The van der Waals surface area contributed by atoms with Gasteiger partial charge in [-0.3, -0.25) is 14.3 Å². The maximum atomic E-state index is 13.9. The summed E-state index contributed by atoms with van der Waals surface area (Å²) in [6, 6.07) is 9.60. The minimum absolute atomic E-state index is 0.00298. The Morgan fingerprint density at radius 1 is 1.19 bits per heavy atom. The Labute approximate surface area is 187 Å². The zero-order valence-electron chi connectivity index (χ0n) is 17.4. The van der Waals surface area contributed by atoms with Crippen molar-refractivity contribution in [2.75, 3.05) is 0 Å². The van der Waals surface area contributed by atoms with Crippen molar-refractivity contribution in [1.29, 1.82) is 0 Å². The third kappa shape index (κ3) is 4.20. The summed E-state index contributed by atoms with van der Waals surface area (Å²) in [4.78, 5) is 24.0. The lowest BCUT2D eigenvalue weighted by atomic mass is 9.93. The molecule has 0 amide bonds. The van der Waals surface area contributed by atoms with Gasteiger partial charge in [-0.05, 0) is 43.0 Å². The number of fused-ring (bicyclic) bond motifs is 3. The molecular weight excluding hydrogens is 430 g/mol. The Morgan fingerprint density at radius 3 is 2.91 bits per heavy atom. The molecule has 32 heavy (non-hydrogen) atoms. The standard InChI is InChI=1S/C24H22F2N4OS/c25-16-5-4-15(20(26)11-16)13-28-18-6-7-19-21(12-18)32-23-22(19)24(31)30(14-29-23)10-8-17-3-1-2-9-27-17/h1-5,9,11,14,18,28H,6-8,10,12-13H2. The van der Waals surface area contributed by atoms with Gasteiger partial charge in [0.15, 0.2) is 0 Å². The molecule has 0 saturated heterocycles. The maximum Gasteiger partial charge on any atom is 0.262 e. The van der Waals surface area contributed by atoms with Crippen LogP contribution in [0.25, 0.3) is 10.2 Å². The molecule has 1 atom stereocenters. The molecular formula is C24H22F2N4OS. The van der Waals surface area contributed by atoms with Gasteiger partial charge in [0.25, 0.3) is 5.56 Å². The van der Waals surface area contributed by atoms with E-state index in [4.69, 9.17) is 0 Å². The van der Waals surface area contributed by atoms with Crippen LogP contribution in [0.3, 0.4) is 0 Å². The summed E-state index contributed by atoms with van der Waals surface area (Å²) >= 11 is 1.57. The summed E-state index contributed by atoms with van der Waals surface area (Å²) in [5.74, 6) is -1.11. The van der Waals surface area contributed by atoms with E-state index in [2.05, 4.69) is 15.3 Å². The van der Waals surface area contributed by atoms with Gasteiger partial charge in [-0.1, -0.05) is 12.1 Å². The van der Waals surface area contributed by atoms with Crippen molar-refractivity contribution in [1.82, 2.24) is 19.9 Å². The topological polar surface area (TPSA) is 59.8 Å². The quantitative estimate of drug-likeness (QED) is 0.480. The second-order valence-electron chi connectivity index (χ2n) is 8.05. The molecule has 3 heterocycles. The van der Waals surface area contributed by atoms with Gasteiger partial charge in [-0.2, -0.15) is 0 Å². The molecule has 1 aromatic carbocycles. The average Bonchev–Trinajstić information content (AvgIpc) is 3.17. The number of nitrogens with zero attached hydrogens (tertiary/aromatic N) is 3. The van der Waals surface area contributed by atoms with Crippen LogP contribution < -0.4 is 10.9 Å². The molecule has 0 spiro atoms. The zero-order chi connectivity index (χ0) is 22.1. The highest BCUT2D eigenvalue weighted by atomic mass is 32.1. The maximum absolute atomic E-state index is 13.9. The van der Waals surface area contributed by atoms with Gasteiger partial charge in [-0.25, -0.2) is 13.8 Å². The number of benzene rings is 1. The number of hydrogen-bond acceptors (Lipinski definition) is 5. The molecule has 1 unspecified atom stereocenters. The Kier molecular flexibility index (Phi) is 5.80. The molecule has 0 bridgehead atoms. The first kappa shape index (κ1) is 20.9. The smallest absolute Gasteiger partial charge is 0.262 e. The summed E-state index contributed by atoms with van der Waals surface area (Å²) in [7, 11) is 0. The average molecular weight is 453 g/mol. The van der Waals surface area contributed by atoms with Crippen LogP contribution >= 0.6 is 11.3 Å². The van der Waals surface area contributed by atoms with Crippen LogP contribution in [0.4, 0.5) is 8.78 Å². The molecule has 5 nitrogen and oxygen atoms in total. The van der Waals surface area contributed by atoms with Gasteiger partial charge in [-0.15, -0.1) is 11.3 Å². The van der Waals surface area contributed by atoms with Crippen LogP contribution in [-0.4, -0.2) is 20.6 Å². The largest absolute Gasteiger partial charge is 0.309 e. The normalized spacial score (nSPS) is 15.8. The summed E-state index contributed by atoms with van der Waals surface area (Å²) in [6.45, 7) is 0.881. The van der Waals surface area contributed by atoms with Crippen LogP contribution in [-0.2, 0) is 32.4 Å². The predicted octanol–water partition coefficient (Wildman–Crippen LogP) is 4.02. The number of thiophene rings is 1. The first-order chi connectivity index (χ1) is 15.6. The minimum atomic E-state index is -0.572. The Balaban J connectivity index is 1.31. The molecule has 164 valence electrons. The van der Waals surface area contributed by atoms with Gasteiger partial charge in [0.2, 0.25) is 0 Å². The fraction of sp³-hybridized carbons (Fsp3) is 0.292. The number of halogens is 2. The third-order valence-electron chi connectivity index (χ3n) is 5.97. The molecule has 0 radical (unpaired) electrons. The van der Waals surface area contributed by atoms with Crippen molar-refractivity contribution >= 4 is 21.6 Å². The number of nitrogens with one attached hydrogen (secondary N) is 1. The molecule has 1 N–H and O–H groups in total. The molecule has 0 aliphatic heterocycles. The molecule has 4 aromatic rings. The van der Waals surface area contributed by atoms with Crippen LogP contribution in [0.5, 0.6) is 0 Å². The molecule has 3 aromatic heterocycles. The number of rotatable bonds is 6. The molecule has 8 heteroatoms.